The molecule has 2 aromatic rings. The Balaban J connectivity index is 2.08. The predicted molar refractivity (Wildman–Crippen MR) is 84.4 cm³/mol. The van der Waals surface area contributed by atoms with Crippen molar-refractivity contribution in [1.29, 1.82) is 0 Å². The Labute approximate surface area is 126 Å². The first-order valence-corrected chi connectivity index (χ1v) is 7.17. The van der Waals surface area contributed by atoms with Crippen LogP contribution in [0.4, 0.5) is 0 Å². The summed E-state index contributed by atoms with van der Waals surface area (Å²) < 4.78 is 5.43. The highest BCUT2D eigenvalue weighted by Gasteiger charge is 2.23. The SMILES string of the molecule is COc1ccccc1CC(C)(C)N[C@H](C)c1cnccn1. The molecule has 1 atom stereocenters. The molecule has 1 aromatic heterocycles. The molecule has 0 spiro atoms. The van der Waals surface area contributed by atoms with Crippen molar-refractivity contribution in [3.63, 3.8) is 0 Å². The molecule has 21 heavy (non-hydrogen) atoms. The van der Waals surface area contributed by atoms with Crippen molar-refractivity contribution in [1.82, 2.24) is 15.3 Å². The fourth-order valence-corrected chi connectivity index (χ4v) is 2.57. The van der Waals surface area contributed by atoms with Gasteiger partial charge in [0.05, 0.1) is 12.8 Å². The molecule has 0 bridgehead atoms. The number of para-hydroxylation sites is 1. The minimum absolute atomic E-state index is 0.0778. The second-order valence-corrected chi connectivity index (χ2v) is 5.87. The molecule has 0 aliphatic carbocycles. The fraction of sp³-hybridized carbons (Fsp3) is 0.412. The molecule has 4 heteroatoms. The maximum atomic E-state index is 5.43. The third kappa shape index (κ3) is 4.26. The average molecular weight is 285 g/mol. The predicted octanol–water partition coefficient (Wildman–Crippen LogP) is 3.16. The van der Waals surface area contributed by atoms with Gasteiger partial charge in [-0.25, -0.2) is 0 Å². The molecular formula is C17H23N3O. The summed E-state index contributed by atoms with van der Waals surface area (Å²) in [4.78, 5) is 8.48. The highest BCUT2D eigenvalue weighted by molar-refractivity contribution is 5.34. The zero-order chi connectivity index (χ0) is 15.3. The minimum atomic E-state index is -0.0778. The summed E-state index contributed by atoms with van der Waals surface area (Å²) in [6, 6.07) is 8.28. The molecule has 0 aliphatic heterocycles. The summed E-state index contributed by atoms with van der Waals surface area (Å²) in [7, 11) is 1.71. The number of ether oxygens (including phenoxy) is 1. The van der Waals surface area contributed by atoms with Crippen molar-refractivity contribution < 1.29 is 4.74 Å². The lowest BCUT2D eigenvalue weighted by atomic mass is 9.93. The van der Waals surface area contributed by atoms with Gasteiger partial charge >= 0.3 is 0 Å². The van der Waals surface area contributed by atoms with Crippen LogP contribution in [0, 0.1) is 0 Å². The Bertz CT molecular complexity index is 569. The summed E-state index contributed by atoms with van der Waals surface area (Å²) in [6.07, 6.45) is 6.09. The van der Waals surface area contributed by atoms with Gasteiger partial charge in [0, 0.05) is 30.2 Å². The van der Waals surface area contributed by atoms with Gasteiger partial charge < -0.3 is 10.1 Å². The minimum Gasteiger partial charge on any atom is -0.496 e. The number of methoxy groups -OCH3 is 1. The van der Waals surface area contributed by atoms with Crippen molar-refractivity contribution in [3.8, 4) is 5.75 Å². The van der Waals surface area contributed by atoms with Gasteiger partial charge in [0.15, 0.2) is 0 Å². The largest absolute Gasteiger partial charge is 0.496 e. The topological polar surface area (TPSA) is 47.0 Å². The maximum Gasteiger partial charge on any atom is 0.122 e. The van der Waals surface area contributed by atoms with Gasteiger partial charge in [-0.3, -0.25) is 9.97 Å². The number of hydrogen-bond acceptors (Lipinski definition) is 4. The Morgan fingerprint density at radius 2 is 2.00 bits per heavy atom. The first-order chi connectivity index (χ1) is 10.0. The standard InChI is InChI=1S/C17H23N3O/c1-13(15-12-18-9-10-19-15)20-17(2,3)11-14-7-5-6-8-16(14)21-4/h5-10,12-13,20H,11H2,1-4H3/t13-/m1/s1. The van der Waals surface area contributed by atoms with Gasteiger partial charge in [-0.1, -0.05) is 18.2 Å². The quantitative estimate of drug-likeness (QED) is 0.885. The number of nitrogens with one attached hydrogen (secondary N) is 1. The Morgan fingerprint density at radius 1 is 1.24 bits per heavy atom. The number of nitrogens with zero attached hydrogens (tertiary/aromatic N) is 2. The Kier molecular flexibility index (Phi) is 4.91. The summed E-state index contributed by atoms with van der Waals surface area (Å²) in [5.74, 6) is 0.930. The molecule has 1 aromatic carbocycles. The molecule has 0 fully saturated rings. The lowest BCUT2D eigenvalue weighted by Crippen LogP contribution is -2.43. The second-order valence-electron chi connectivity index (χ2n) is 5.87. The normalized spacial score (nSPS) is 13.0. The van der Waals surface area contributed by atoms with Crippen LogP contribution in [-0.2, 0) is 6.42 Å². The summed E-state index contributed by atoms with van der Waals surface area (Å²) in [6.45, 7) is 6.48. The zero-order valence-electron chi connectivity index (χ0n) is 13.1. The van der Waals surface area contributed by atoms with E-state index >= 15 is 0 Å². The monoisotopic (exact) mass is 285 g/mol. The van der Waals surface area contributed by atoms with Crippen molar-refractivity contribution in [2.45, 2.75) is 38.8 Å². The van der Waals surface area contributed by atoms with Gasteiger partial charge in [0.2, 0.25) is 0 Å². The maximum absolute atomic E-state index is 5.43. The fourth-order valence-electron chi connectivity index (χ4n) is 2.57. The van der Waals surface area contributed by atoms with Gasteiger partial charge in [0.25, 0.3) is 0 Å². The van der Waals surface area contributed by atoms with Crippen LogP contribution in [0.15, 0.2) is 42.9 Å². The Morgan fingerprint density at radius 3 is 2.67 bits per heavy atom. The van der Waals surface area contributed by atoms with E-state index in [9.17, 15) is 0 Å². The van der Waals surface area contributed by atoms with Crippen LogP contribution in [-0.4, -0.2) is 22.6 Å². The van der Waals surface area contributed by atoms with E-state index in [1.807, 2.05) is 18.2 Å². The van der Waals surface area contributed by atoms with E-state index in [4.69, 9.17) is 4.74 Å². The van der Waals surface area contributed by atoms with Crippen molar-refractivity contribution >= 4 is 0 Å². The third-order valence-electron chi connectivity index (χ3n) is 3.46. The summed E-state index contributed by atoms with van der Waals surface area (Å²) >= 11 is 0. The van der Waals surface area contributed by atoms with Crippen LogP contribution in [0.1, 0.15) is 38.1 Å². The van der Waals surface area contributed by atoms with E-state index in [1.54, 1.807) is 25.7 Å². The molecule has 112 valence electrons. The number of rotatable bonds is 6. The first kappa shape index (κ1) is 15.4. The highest BCUT2D eigenvalue weighted by Crippen LogP contribution is 2.24. The second kappa shape index (κ2) is 6.68. The molecule has 4 nitrogen and oxygen atoms in total. The first-order valence-electron chi connectivity index (χ1n) is 7.17. The molecule has 1 heterocycles. The smallest absolute Gasteiger partial charge is 0.122 e. The molecule has 2 rings (SSSR count). The summed E-state index contributed by atoms with van der Waals surface area (Å²) in [5.41, 5.74) is 2.07. The van der Waals surface area contributed by atoms with Crippen LogP contribution in [0.3, 0.4) is 0 Å². The van der Waals surface area contributed by atoms with Crippen molar-refractivity contribution in [3.05, 3.63) is 54.1 Å². The molecular weight excluding hydrogens is 262 g/mol. The van der Waals surface area contributed by atoms with E-state index in [2.05, 4.69) is 42.1 Å². The number of aromatic nitrogens is 2. The van der Waals surface area contributed by atoms with E-state index in [-0.39, 0.29) is 11.6 Å². The molecule has 0 unspecified atom stereocenters. The van der Waals surface area contributed by atoms with E-state index < -0.39 is 0 Å². The number of hydrogen-bond donors (Lipinski definition) is 1. The van der Waals surface area contributed by atoms with E-state index in [0.29, 0.717) is 0 Å². The third-order valence-corrected chi connectivity index (χ3v) is 3.46. The molecule has 0 aliphatic rings. The molecule has 0 saturated heterocycles. The van der Waals surface area contributed by atoms with Crippen LogP contribution in [0.5, 0.6) is 5.75 Å². The van der Waals surface area contributed by atoms with Crippen LogP contribution in [0.2, 0.25) is 0 Å². The van der Waals surface area contributed by atoms with Gasteiger partial charge in [-0.15, -0.1) is 0 Å². The van der Waals surface area contributed by atoms with Crippen LogP contribution >= 0.6 is 0 Å². The van der Waals surface area contributed by atoms with E-state index in [1.165, 1.54) is 5.56 Å². The molecule has 0 saturated carbocycles. The Hall–Kier alpha value is -1.94. The summed E-state index contributed by atoms with van der Waals surface area (Å²) in [5, 5.41) is 3.61. The van der Waals surface area contributed by atoms with Crippen LogP contribution < -0.4 is 10.1 Å². The van der Waals surface area contributed by atoms with Crippen molar-refractivity contribution in [2.24, 2.45) is 0 Å². The van der Waals surface area contributed by atoms with Gasteiger partial charge in [-0.05, 0) is 38.8 Å². The lowest BCUT2D eigenvalue weighted by Gasteiger charge is -2.30. The zero-order valence-corrected chi connectivity index (χ0v) is 13.1. The van der Waals surface area contributed by atoms with Gasteiger partial charge in [0.1, 0.15) is 5.75 Å². The highest BCUT2D eigenvalue weighted by atomic mass is 16.5. The molecule has 0 amide bonds. The average Bonchev–Trinajstić information content (AvgIpc) is 2.47. The lowest BCUT2D eigenvalue weighted by molar-refractivity contribution is 0.334. The molecule has 1 N–H and O–H groups in total. The van der Waals surface area contributed by atoms with Crippen LogP contribution in [0.25, 0.3) is 0 Å². The van der Waals surface area contributed by atoms with E-state index in [0.717, 1.165) is 17.9 Å². The molecule has 0 radical (unpaired) electrons. The van der Waals surface area contributed by atoms with Gasteiger partial charge in [-0.2, -0.15) is 0 Å². The number of benzene rings is 1. The van der Waals surface area contributed by atoms with Crippen molar-refractivity contribution in [2.75, 3.05) is 7.11 Å².